The van der Waals surface area contributed by atoms with Gasteiger partial charge >= 0.3 is 0 Å². The summed E-state index contributed by atoms with van der Waals surface area (Å²) in [6.07, 6.45) is 78.0. The van der Waals surface area contributed by atoms with E-state index in [1.54, 1.807) is 6.08 Å². The van der Waals surface area contributed by atoms with E-state index in [0.29, 0.717) is 6.42 Å². The predicted molar refractivity (Wildman–Crippen MR) is 305 cm³/mol. The van der Waals surface area contributed by atoms with E-state index in [0.717, 1.165) is 32.1 Å². The van der Waals surface area contributed by atoms with Gasteiger partial charge in [0, 0.05) is 0 Å². The Bertz CT molecular complexity index is 1070. The first-order valence-electron chi connectivity index (χ1n) is 31.3. The Kier molecular flexibility index (Phi) is 57.9. The van der Waals surface area contributed by atoms with Crippen LogP contribution in [0.3, 0.4) is 0 Å². The van der Waals surface area contributed by atoms with Crippen molar-refractivity contribution in [2.24, 2.45) is 0 Å². The lowest BCUT2D eigenvalue weighted by Gasteiger charge is -2.21. The summed E-state index contributed by atoms with van der Waals surface area (Å²) in [4.78, 5) is 12.5. The van der Waals surface area contributed by atoms with Gasteiger partial charge in [-0.1, -0.05) is 314 Å². The largest absolute Gasteiger partial charge is 0.394 e. The molecule has 3 atom stereocenters. The van der Waals surface area contributed by atoms with Gasteiger partial charge in [0.25, 0.3) is 0 Å². The summed E-state index contributed by atoms with van der Waals surface area (Å²) >= 11 is 0. The zero-order valence-corrected chi connectivity index (χ0v) is 46.7. The maximum absolute atomic E-state index is 12.5. The number of nitrogens with one attached hydrogen (secondary N) is 1. The summed E-state index contributed by atoms with van der Waals surface area (Å²) in [6.45, 7) is 4.24. The molecule has 0 aromatic carbocycles. The Balaban J connectivity index is 3.51. The fourth-order valence-electron chi connectivity index (χ4n) is 9.88. The van der Waals surface area contributed by atoms with Crippen molar-refractivity contribution in [2.45, 2.75) is 360 Å². The van der Waals surface area contributed by atoms with Crippen LogP contribution in [0.4, 0.5) is 0 Å². The van der Waals surface area contributed by atoms with Gasteiger partial charge in [-0.2, -0.15) is 0 Å². The molecule has 0 fully saturated rings. The number of unbranched alkanes of at least 4 members (excludes halogenated alkanes) is 45. The minimum atomic E-state index is -0.952. The molecular formula is C64H123NO4. The van der Waals surface area contributed by atoms with Crippen LogP contribution in [-0.2, 0) is 4.79 Å². The number of amides is 1. The molecule has 408 valence electrons. The second kappa shape index (κ2) is 59.1. The molecule has 4 N–H and O–H groups in total. The number of hydrogen-bond acceptors (Lipinski definition) is 4. The van der Waals surface area contributed by atoms with Crippen LogP contribution in [0.15, 0.2) is 36.5 Å². The van der Waals surface area contributed by atoms with Gasteiger partial charge in [0.1, 0.15) is 0 Å². The van der Waals surface area contributed by atoms with E-state index in [4.69, 9.17) is 0 Å². The van der Waals surface area contributed by atoms with Crippen molar-refractivity contribution in [3.63, 3.8) is 0 Å². The highest BCUT2D eigenvalue weighted by molar-refractivity contribution is 5.76. The van der Waals surface area contributed by atoms with Crippen LogP contribution >= 0.6 is 0 Å². The summed E-state index contributed by atoms with van der Waals surface area (Å²) in [6, 6.07) is -0.761. The predicted octanol–water partition coefficient (Wildman–Crippen LogP) is 19.8. The van der Waals surface area contributed by atoms with Gasteiger partial charge in [0.2, 0.25) is 5.91 Å². The summed E-state index contributed by atoms with van der Waals surface area (Å²) in [5.41, 5.74) is 0. The molecule has 5 nitrogen and oxygen atoms in total. The van der Waals surface area contributed by atoms with Gasteiger partial charge in [0.05, 0.1) is 31.3 Å². The molecule has 0 rings (SSSR count). The van der Waals surface area contributed by atoms with Crippen LogP contribution in [0.1, 0.15) is 341 Å². The van der Waals surface area contributed by atoms with Crippen molar-refractivity contribution in [3.8, 4) is 0 Å². The lowest BCUT2D eigenvalue weighted by molar-refractivity contribution is -0.124. The highest BCUT2D eigenvalue weighted by Gasteiger charge is 2.20. The van der Waals surface area contributed by atoms with E-state index in [9.17, 15) is 20.1 Å². The van der Waals surface area contributed by atoms with Crippen molar-refractivity contribution >= 4 is 5.91 Å². The van der Waals surface area contributed by atoms with Crippen LogP contribution < -0.4 is 5.32 Å². The molecule has 0 aromatic heterocycles. The first-order chi connectivity index (χ1) is 34.0. The van der Waals surface area contributed by atoms with Crippen molar-refractivity contribution in [3.05, 3.63) is 36.5 Å². The summed E-state index contributed by atoms with van der Waals surface area (Å²) in [5, 5.41) is 33.5. The van der Waals surface area contributed by atoms with E-state index in [2.05, 4.69) is 43.5 Å². The Labute approximate surface area is 432 Å². The number of aliphatic hydroxyl groups is 3. The zero-order chi connectivity index (χ0) is 50.0. The molecule has 0 heterocycles. The summed E-state index contributed by atoms with van der Waals surface area (Å²) in [7, 11) is 0. The van der Waals surface area contributed by atoms with Crippen LogP contribution in [0, 0.1) is 0 Å². The van der Waals surface area contributed by atoms with Gasteiger partial charge in [0.15, 0.2) is 0 Å². The first kappa shape index (κ1) is 67.6. The van der Waals surface area contributed by atoms with E-state index in [1.807, 2.05) is 6.08 Å². The molecule has 0 aliphatic rings. The molecule has 1 amide bonds. The number of rotatable bonds is 58. The average Bonchev–Trinajstić information content (AvgIpc) is 3.35. The third kappa shape index (κ3) is 55.7. The van der Waals surface area contributed by atoms with E-state index in [-0.39, 0.29) is 18.9 Å². The Morgan fingerprint density at radius 3 is 0.928 bits per heavy atom. The lowest BCUT2D eigenvalue weighted by Crippen LogP contribution is -2.45. The fourth-order valence-corrected chi connectivity index (χ4v) is 9.88. The van der Waals surface area contributed by atoms with Crippen LogP contribution in [0.25, 0.3) is 0 Å². The smallest absolute Gasteiger partial charge is 0.222 e. The maximum Gasteiger partial charge on any atom is 0.222 e. The Morgan fingerprint density at radius 1 is 0.362 bits per heavy atom. The summed E-state index contributed by atoms with van der Waals surface area (Å²) < 4.78 is 0. The second-order valence-electron chi connectivity index (χ2n) is 21.7. The molecule has 0 saturated heterocycles. The standard InChI is InChI=1S/C64H123NO4/c1-3-5-7-9-11-13-15-17-19-21-23-24-25-26-27-28-29-30-31-32-33-34-35-36-37-38-40-41-43-45-47-49-51-53-55-57-61(67)59-64(69)65-62(60-66)63(68)58-56-54-52-50-48-46-44-42-39-22-20-18-16-14-12-10-8-6-4-2/h30-31,48,50,56,58,61-63,66-68H,3-29,32-47,49,51-55,57,59-60H2,1-2H3,(H,65,69)/b31-30-,50-48+,58-56+. The van der Waals surface area contributed by atoms with Gasteiger partial charge in [-0.25, -0.2) is 0 Å². The Hall–Kier alpha value is -1.43. The second-order valence-corrected chi connectivity index (χ2v) is 21.7. The SMILES string of the molecule is CCCCCCCCCCCCCCC/C=C/CC/C=C/C(O)C(CO)NC(=O)CC(O)CCCCCCCCCCCCCCCCC/C=C\CCCCCCCCCCCCCCCCCC. The number of allylic oxidation sites excluding steroid dienone is 5. The van der Waals surface area contributed by atoms with Crippen molar-refractivity contribution in [1.29, 1.82) is 0 Å². The molecule has 0 bridgehead atoms. The van der Waals surface area contributed by atoms with Gasteiger partial charge < -0.3 is 20.6 Å². The van der Waals surface area contributed by atoms with Crippen LogP contribution in [0.5, 0.6) is 0 Å². The molecule has 0 aromatic rings. The van der Waals surface area contributed by atoms with E-state index in [1.165, 1.54) is 283 Å². The molecule has 0 radical (unpaired) electrons. The minimum absolute atomic E-state index is 0.00818. The first-order valence-corrected chi connectivity index (χ1v) is 31.3. The molecular weight excluding hydrogens is 847 g/mol. The van der Waals surface area contributed by atoms with Gasteiger partial charge in [-0.05, 0) is 57.8 Å². The monoisotopic (exact) mass is 970 g/mol. The number of aliphatic hydroxyl groups excluding tert-OH is 3. The molecule has 3 unspecified atom stereocenters. The molecule has 0 aliphatic carbocycles. The quantitative estimate of drug-likeness (QED) is 0.0361. The highest BCUT2D eigenvalue weighted by atomic mass is 16.3. The molecule has 0 saturated carbocycles. The molecule has 0 aliphatic heterocycles. The van der Waals surface area contributed by atoms with Crippen molar-refractivity contribution < 1.29 is 20.1 Å². The fraction of sp³-hybridized carbons (Fsp3) is 0.891. The number of carbonyl (C=O) groups is 1. The molecule has 0 spiro atoms. The lowest BCUT2D eigenvalue weighted by atomic mass is 10.0. The molecule has 69 heavy (non-hydrogen) atoms. The minimum Gasteiger partial charge on any atom is -0.394 e. The maximum atomic E-state index is 12.5. The third-order valence-electron chi connectivity index (χ3n) is 14.6. The average molecular weight is 971 g/mol. The third-order valence-corrected chi connectivity index (χ3v) is 14.6. The van der Waals surface area contributed by atoms with Crippen LogP contribution in [0.2, 0.25) is 0 Å². The van der Waals surface area contributed by atoms with E-state index < -0.39 is 18.2 Å². The van der Waals surface area contributed by atoms with E-state index >= 15 is 0 Å². The Morgan fingerprint density at radius 2 is 0.623 bits per heavy atom. The number of carbonyl (C=O) groups excluding carboxylic acids is 1. The van der Waals surface area contributed by atoms with Crippen LogP contribution in [-0.4, -0.2) is 46.1 Å². The number of hydrogen-bond donors (Lipinski definition) is 4. The summed E-state index contributed by atoms with van der Waals surface area (Å²) in [5.74, 6) is -0.320. The molecule has 5 heteroatoms. The topological polar surface area (TPSA) is 89.8 Å². The van der Waals surface area contributed by atoms with Crippen molar-refractivity contribution in [2.75, 3.05) is 6.61 Å². The highest BCUT2D eigenvalue weighted by Crippen LogP contribution is 2.18. The van der Waals surface area contributed by atoms with Gasteiger partial charge in [-0.15, -0.1) is 0 Å². The van der Waals surface area contributed by atoms with Crippen molar-refractivity contribution in [1.82, 2.24) is 5.32 Å². The van der Waals surface area contributed by atoms with Gasteiger partial charge in [-0.3, -0.25) is 4.79 Å². The zero-order valence-electron chi connectivity index (χ0n) is 46.7. The normalized spacial score (nSPS) is 13.4.